The van der Waals surface area contributed by atoms with Crippen molar-refractivity contribution in [2.75, 3.05) is 0 Å². The van der Waals surface area contributed by atoms with Crippen molar-refractivity contribution in [1.29, 1.82) is 0 Å². The van der Waals surface area contributed by atoms with Crippen LogP contribution in [0.4, 0.5) is 0 Å². The average molecular weight is 277 g/mol. The van der Waals surface area contributed by atoms with Gasteiger partial charge in [0.25, 0.3) is 0 Å². The van der Waals surface area contributed by atoms with Gasteiger partial charge in [0, 0.05) is 29.0 Å². The maximum Gasteiger partial charge on any atom is 0.0704 e. The van der Waals surface area contributed by atoms with Gasteiger partial charge in [0.1, 0.15) is 0 Å². The highest BCUT2D eigenvalue weighted by Gasteiger charge is 2.11. The predicted octanol–water partition coefficient (Wildman–Crippen LogP) is 3.49. The fourth-order valence-electron chi connectivity index (χ4n) is 2.77. The third-order valence-corrected chi connectivity index (χ3v) is 3.71. The van der Waals surface area contributed by atoms with E-state index in [1.807, 2.05) is 38.2 Å². The molecule has 1 unspecified atom stereocenters. The smallest absolute Gasteiger partial charge is 0.0704 e. The molecule has 3 heteroatoms. The van der Waals surface area contributed by atoms with Crippen molar-refractivity contribution in [2.45, 2.75) is 26.3 Å². The molecule has 2 heterocycles. The van der Waals surface area contributed by atoms with E-state index in [4.69, 9.17) is 5.73 Å². The monoisotopic (exact) mass is 277 g/mol. The van der Waals surface area contributed by atoms with Crippen LogP contribution in [0, 0.1) is 13.8 Å². The fourth-order valence-corrected chi connectivity index (χ4v) is 2.77. The lowest BCUT2D eigenvalue weighted by Crippen LogP contribution is -2.14. The van der Waals surface area contributed by atoms with Crippen molar-refractivity contribution in [3.63, 3.8) is 0 Å². The highest BCUT2D eigenvalue weighted by atomic mass is 14.7. The SMILES string of the molecule is Cc1cc(C(N)Cc2ccnc3ccccc23)cc(C)n1. The lowest BCUT2D eigenvalue weighted by atomic mass is 9.97. The van der Waals surface area contributed by atoms with Gasteiger partial charge in [-0.15, -0.1) is 0 Å². The van der Waals surface area contributed by atoms with E-state index in [2.05, 4.69) is 34.2 Å². The number of nitrogens with zero attached hydrogens (tertiary/aromatic N) is 2. The van der Waals surface area contributed by atoms with Gasteiger partial charge in [0.05, 0.1) is 5.52 Å². The second-order valence-electron chi connectivity index (χ2n) is 5.48. The van der Waals surface area contributed by atoms with Gasteiger partial charge >= 0.3 is 0 Å². The molecule has 106 valence electrons. The number of aryl methyl sites for hydroxylation is 2. The minimum absolute atomic E-state index is 0.0313. The highest BCUT2D eigenvalue weighted by molar-refractivity contribution is 5.81. The van der Waals surface area contributed by atoms with Crippen molar-refractivity contribution in [1.82, 2.24) is 9.97 Å². The van der Waals surface area contributed by atoms with Crippen molar-refractivity contribution in [3.05, 3.63) is 71.2 Å². The van der Waals surface area contributed by atoms with Crippen LogP contribution in [0.15, 0.2) is 48.7 Å². The molecule has 3 nitrogen and oxygen atoms in total. The van der Waals surface area contributed by atoms with E-state index in [0.29, 0.717) is 0 Å². The number of pyridine rings is 2. The standard InChI is InChI=1S/C18H19N3/c1-12-9-15(10-13(2)21-12)17(19)11-14-7-8-20-18-6-4-3-5-16(14)18/h3-10,17H,11,19H2,1-2H3. The molecular weight excluding hydrogens is 258 g/mol. The van der Waals surface area contributed by atoms with Gasteiger partial charge in [-0.25, -0.2) is 0 Å². The van der Waals surface area contributed by atoms with Crippen LogP contribution in [0.1, 0.15) is 28.6 Å². The molecule has 0 aliphatic heterocycles. The average Bonchev–Trinajstić information content (AvgIpc) is 2.46. The Morgan fingerprint density at radius 2 is 1.76 bits per heavy atom. The first-order valence-electron chi connectivity index (χ1n) is 7.17. The molecule has 0 spiro atoms. The maximum atomic E-state index is 6.41. The number of aromatic nitrogens is 2. The summed E-state index contributed by atoms with van der Waals surface area (Å²) in [7, 11) is 0. The summed E-state index contributed by atoms with van der Waals surface area (Å²) < 4.78 is 0. The number of benzene rings is 1. The van der Waals surface area contributed by atoms with Crippen LogP contribution in [0.2, 0.25) is 0 Å². The molecule has 3 aromatic rings. The van der Waals surface area contributed by atoms with Gasteiger partial charge < -0.3 is 5.73 Å². The molecule has 2 N–H and O–H groups in total. The normalized spacial score (nSPS) is 12.5. The molecule has 21 heavy (non-hydrogen) atoms. The first-order chi connectivity index (χ1) is 10.1. The summed E-state index contributed by atoms with van der Waals surface area (Å²) in [5.74, 6) is 0. The van der Waals surface area contributed by atoms with Gasteiger partial charge in [-0.05, 0) is 55.7 Å². The van der Waals surface area contributed by atoms with Gasteiger partial charge in [0.2, 0.25) is 0 Å². The van der Waals surface area contributed by atoms with E-state index < -0.39 is 0 Å². The molecule has 0 aliphatic carbocycles. The lowest BCUT2D eigenvalue weighted by Gasteiger charge is -2.15. The van der Waals surface area contributed by atoms with Crippen LogP contribution in [0.25, 0.3) is 10.9 Å². The van der Waals surface area contributed by atoms with E-state index in [9.17, 15) is 0 Å². The molecule has 2 aromatic heterocycles. The largest absolute Gasteiger partial charge is 0.324 e. The third-order valence-electron chi connectivity index (χ3n) is 3.71. The zero-order chi connectivity index (χ0) is 14.8. The Kier molecular flexibility index (Phi) is 3.67. The lowest BCUT2D eigenvalue weighted by molar-refractivity contribution is 0.720. The van der Waals surface area contributed by atoms with Gasteiger partial charge in [-0.3, -0.25) is 9.97 Å². The molecule has 1 atom stereocenters. The molecule has 0 saturated carbocycles. The molecule has 1 aromatic carbocycles. The predicted molar refractivity (Wildman–Crippen MR) is 86.1 cm³/mol. The number of para-hydroxylation sites is 1. The summed E-state index contributed by atoms with van der Waals surface area (Å²) in [4.78, 5) is 8.81. The van der Waals surface area contributed by atoms with Gasteiger partial charge in [0.15, 0.2) is 0 Å². The van der Waals surface area contributed by atoms with E-state index >= 15 is 0 Å². The Morgan fingerprint density at radius 3 is 2.52 bits per heavy atom. The van der Waals surface area contributed by atoms with Crippen LogP contribution in [0.3, 0.4) is 0 Å². The van der Waals surface area contributed by atoms with Crippen LogP contribution < -0.4 is 5.73 Å². The molecular formula is C18H19N3. The molecule has 0 fully saturated rings. The van der Waals surface area contributed by atoms with Crippen molar-refractivity contribution in [2.24, 2.45) is 5.73 Å². The first-order valence-corrected chi connectivity index (χ1v) is 7.17. The van der Waals surface area contributed by atoms with E-state index in [-0.39, 0.29) is 6.04 Å². The number of nitrogens with two attached hydrogens (primary N) is 1. The van der Waals surface area contributed by atoms with Crippen molar-refractivity contribution < 1.29 is 0 Å². The van der Waals surface area contributed by atoms with E-state index in [0.717, 1.165) is 28.9 Å². The second-order valence-corrected chi connectivity index (χ2v) is 5.48. The minimum atomic E-state index is -0.0313. The second kappa shape index (κ2) is 5.62. The quantitative estimate of drug-likeness (QED) is 0.797. The zero-order valence-corrected chi connectivity index (χ0v) is 12.4. The number of rotatable bonds is 3. The number of hydrogen-bond acceptors (Lipinski definition) is 3. The van der Waals surface area contributed by atoms with Crippen LogP contribution >= 0.6 is 0 Å². The Balaban J connectivity index is 1.94. The summed E-state index contributed by atoms with van der Waals surface area (Å²) >= 11 is 0. The minimum Gasteiger partial charge on any atom is -0.324 e. The molecule has 0 saturated heterocycles. The summed E-state index contributed by atoms with van der Waals surface area (Å²) in [6.45, 7) is 4.01. The first kappa shape index (κ1) is 13.7. The molecule has 0 bridgehead atoms. The highest BCUT2D eigenvalue weighted by Crippen LogP contribution is 2.22. The van der Waals surface area contributed by atoms with Crippen molar-refractivity contribution in [3.8, 4) is 0 Å². The Morgan fingerprint density at radius 1 is 1.05 bits per heavy atom. The summed E-state index contributed by atoms with van der Waals surface area (Å²) in [6.07, 6.45) is 2.65. The molecule has 0 amide bonds. The van der Waals surface area contributed by atoms with Crippen LogP contribution in [-0.2, 0) is 6.42 Å². The van der Waals surface area contributed by atoms with E-state index in [1.165, 1.54) is 10.9 Å². The molecule has 0 aliphatic rings. The van der Waals surface area contributed by atoms with Crippen LogP contribution in [0.5, 0.6) is 0 Å². The Hall–Kier alpha value is -2.26. The van der Waals surface area contributed by atoms with Crippen molar-refractivity contribution >= 4 is 10.9 Å². The number of fused-ring (bicyclic) bond motifs is 1. The topological polar surface area (TPSA) is 51.8 Å². The molecule has 0 radical (unpaired) electrons. The number of hydrogen-bond donors (Lipinski definition) is 1. The Bertz CT molecular complexity index is 755. The maximum absolute atomic E-state index is 6.41. The summed E-state index contributed by atoms with van der Waals surface area (Å²) in [5, 5.41) is 1.18. The van der Waals surface area contributed by atoms with Gasteiger partial charge in [-0.2, -0.15) is 0 Å². The third kappa shape index (κ3) is 2.93. The van der Waals surface area contributed by atoms with Crippen LogP contribution in [-0.4, -0.2) is 9.97 Å². The Labute approximate surface area is 124 Å². The zero-order valence-electron chi connectivity index (χ0n) is 12.4. The van der Waals surface area contributed by atoms with Gasteiger partial charge in [-0.1, -0.05) is 18.2 Å². The van der Waals surface area contributed by atoms with E-state index in [1.54, 1.807) is 0 Å². The summed E-state index contributed by atoms with van der Waals surface area (Å²) in [5.41, 5.74) is 11.8. The molecule has 3 rings (SSSR count). The fraction of sp³-hybridized carbons (Fsp3) is 0.222. The summed E-state index contributed by atoms with van der Waals surface area (Å²) in [6, 6.07) is 14.4.